The highest BCUT2D eigenvalue weighted by Gasteiger charge is 2.23. The molecule has 0 fully saturated rings. The molecule has 0 N–H and O–H groups in total. The van der Waals surface area contributed by atoms with Gasteiger partial charge in [-0.05, 0) is 48.7 Å². The topological polar surface area (TPSA) is 57.1 Å². The van der Waals surface area contributed by atoms with Crippen LogP contribution in [0, 0.1) is 13.8 Å². The Kier molecular flexibility index (Phi) is 5.07. The Hall–Kier alpha value is -3.08. The number of hydrogen-bond donors (Lipinski definition) is 0. The molecule has 0 saturated carbocycles. The van der Waals surface area contributed by atoms with Gasteiger partial charge in [0.1, 0.15) is 0 Å². The van der Waals surface area contributed by atoms with Gasteiger partial charge in [0.15, 0.2) is 17.2 Å². The van der Waals surface area contributed by atoms with Crippen molar-refractivity contribution in [2.45, 2.75) is 20.3 Å². The van der Waals surface area contributed by atoms with Crippen LogP contribution in [0.3, 0.4) is 0 Å². The molecule has 2 aromatic carbocycles. The number of methoxy groups -OCH3 is 2. The van der Waals surface area contributed by atoms with Gasteiger partial charge in [-0.25, -0.2) is 9.79 Å². The summed E-state index contributed by atoms with van der Waals surface area (Å²) in [5.41, 5.74) is 4.46. The molecule has 2 aromatic rings. The lowest BCUT2D eigenvalue weighted by molar-refractivity contribution is -0.130. The highest BCUT2D eigenvalue weighted by molar-refractivity contribution is 6.07. The van der Waals surface area contributed by atoms with E-state index in [0.717, 1.165) is 16.7 Å². The molecular weight excluding hydrogens is 330 g/mol. The molecule has 5 heteroatoms. The van der Waals surface area contributed by atoms with E-state index in [-0.39, 0.29) is 0 Å². The van der Waals surface area contributed by atoms with E-state index in [0.29, 0.717) is 29.5 Å². The monoisotopic (exact) mass is 351 g/mol. The number of aryl methyl sites for hydroxylation is 2. The second kappa shape index (κ2) is 7.44. The number of carbonyl (C=O) groups is 1. The van der Waals surface area contributed by atoms with Crippen molar-refractivity contribution in [3.63, 3.8) is 0 Å². The average Bonchev–Trinajstić information content (AvgIpc) is 2.96. The average molecular weight is 351 g/mol. The first-order valence-corrected chi connectivity index (χ1v) is 8.29. The molecule has 0 bridgehead atoms. The van der Waals surface area contributed by atoms with Gasteiger partial charge in [0.25, 0.3) is 0 Å². The second-order valence-electron chi connectivity index (χ2n) is 6.15. The van der Waals surface area contributed by atoms with Crippen LogP contribution in [0.1, 0.15) is 22.3 Å². The lowest BCUT2D eigenvalue weighted by atomic mass is 10.0. The van der Waals surface area contributed by atoms with E-state index in [1.807, 2.05) is 44.2 Å². The van der Waals surface area contributed by atoms with E-state index in [4.69, 9.17) is 14.2 Å². The first-order chi connectivity index (χ1) is 12.5. The maximum absolute atomic E-state index is 12.1. The van der Waals surface area contributed by atoms with Crippen molar-refractivity contribution in [3.8, 4) is 11.5 Å². The molecule has 0 radical (unpaired) electrons. The summed E-state index contributed by atoms with van der Waals surface area (Å²) < 4.78 is 15.8. The molecule has 0 aliphatic carbocycles. The zero-order chi connectivity index (χ0) is 18.7. The summed E-state index contributed by atoms with van der Waals surface area (Å²) in [6.07, 6.45) is 2.16. The molecular formula is C21H21NO4. The fourth-order valence-corrected chi connectivity index (χ4v) is 2.83. The number of benzene rings is 2. The third kappa shape index (κ3) is 3.77. The molecule has 0 aromatic heterocycles. The fourth-order valence-electron chi connectivity index (χ4n) is 2.83. The van der Waals surface area contributed by atoms with Crippen LogP contribution in [0.25, 0.3) is 6.08 Å². The molecule has 5 nitrogen and oxygen atoms in total. The Morgan fingerprint density at radius 2 is 1.81 bits per heavy atom. The summed E-state index contributed by atoms with van der Waals surface area (Å²) in [5, 5.41) is 0. The van der Waals surface area contributed by atoms with Crippen molar-refractivity contribution >= 4 is 17.9 Å². The summed E-state index contributed by atoms with van der Waals surface area (Å²) >= 11 is 0. The van der Waals surface area contributed by atoms with Crippen LogP contribution in [0.2, 0.25) is 0 Å². The van der Waals surface area contributed by atoms with E-state index in [2.05, 4.69) is 11.1 Å². The van der Waals surface area contributed by atoms with Crippen LogP contribution in [0.5, 0.6) is 11.5 Å². The van der Waals surface area contributed by atoms with Gasteiger partial charge >= 0.3 is 5.97 Å². The summed E-state index contributed by atoms with van der Waals surface area (Å²) in [5.74, 6) is 1.22. The number of hydrogen-bond acceptors (Lipinski definition) is 5. The number of rotatable bonds is 5. The van der Waals surface area contributed by atoms with Crippen molar-refractivity contribution in [2.75, 3.05) is 14.2 Å². The van der Waals surface area contributed by atoms with Crippen LogP contribution in [-0.2, 0) is 16.0 Å². The summed E-state index contributed by atoms with van der Waals surface area (Å²) in [6, 6.07) is 11.6. The molecule has 1 aliphatic rings. The predicted molar refractivity (Wildman–Crippen MR) is 101 cm³/mol. The smallest absolute Gasteiger partial charge is 0.363 e. The maximum atomic E-state index is 12.1. The Morgan fingerprint density at radius 1 is 1.04 bits per heavy atom. The van der Waals surface area contributed by atoms with Gasteiger partial charge in [-0.1, -0.05) is 29.8 Å². The van der Waals surface area contributed by atoms with Crippen LogP contribution in [0.4, 0.5) is 0 Å². The van der Waals surface area contributed by atoms with Gasteiger partial charge < -0.3 is 14.2 Å². The standard InChI is InChI=1S/C21H21NO4/c1-13-5-7-16(14(2)9-13)12-17-21(23)26-20(22-17)11-15-6-8-18(24-3)19(10-15)25-4/h5-10,12H,11H2,1-4H3/b17-12-. The minimum Gasteiger partial charge on any atom is -0.493 e. The lowest BCUT2D eigenvalue weighted by Gasteiger charge is -2.09. The number of carbonyl (C=O) groups excluding carboxylic acids is 1. The first-order valence-electron chi connectivity index (χ1n) is 8.29. The second-order valence-corrected chi connectivity index (χ2v) is 6.15. The van der Waals surface area contributed by atoms with E-state index < -0.39 is 5.97 Å². The SMILES string of the molecule is COc1ccc(CC2=N/C(=C\c3ccc(C)cc3C)C(=O)O2)cc1OC. The third-order valence-corrected chi connectivity index (χ3v) is 4.19. The molecule has 1 aliphatic heterocycles. The van der Waals surface area contributed by atoms with E-state index in [1.54, 1.807) is 20.3 Å². The van der Waals surface area contributed by atoms with Gasteiger partial charge in [0, 0.05) is 6.42 Å². The number of esters is 1. The number of aliphatic imine (C=N–C) groups is 1. The van der Waals surface area contributed by atoms with Crippen molar-refractivity contribution in [1.29, 1.82) is 0 Å². The lowest BCUT2D eigenvalue weighted by Crippen LogP contribution is -2.07. The number of cyclic esters (lactones) is 1. The summed E-state index contributed by atoms with van der Waals surface area (Å²) in [4.78, 5) is 16.5. The number of ether oxygens (including phenoxy) is 3. The molecule has 134 valence electrons. The maximum Gasteiger partial charge on any atom is 0.363 e. The van der Waals surface area contributed by atoms with Crippen LogP contribution in [-0.4, -0.2) is 26.1 Å². The van der Waals surface area contributed by atoms with Crippen LogP contribution >= 0.6 is 0 Å². The molecule has 1 heterocycles. The molecule has 0 saturated heterocycles. The Balaban J connectivity index is 1.83. The van der Waals surface area contributed by atoms with Gasteiger partial charge in [-0.2, -0.15) is 0 Å². The Bertz CT molecular complexity index is 912. The van der Waals surface area contributed by atoms with E-state index >= 15 is 0 Å². The highest BCUT2D eigenvalue weighted by atomic mass is 16.6. The van der Waals surface area contributed by atoms with Gasteiger partial charge in [0.2, 0.25) is 5.90 Å². The van der Waals surface area contributed by atoms with Gasteiger partial charge in [0.05, 0.1) is 14.2 Å². The van der Waals surface area contributed by atoms with Gasteiger partial charge in [-0.3, -0.25) is 0 Å². The first kappa shape index (κ1) is 17.7. The number of nitrogens with zero attached hydrogens (tertiary/aromatic N) is 1. The Labute approximate surface area is 152 Å². The van der Waals surface area contributed by atoms with Crippen molar-refractivity contribution in [1.82, 2.24) is 0 Å². The highest BCUT2D eigenvalue weighted by Crippen LogP contribution is 2.28. The molecule has 26 heavy (non-hydrogen) atoms. The minimum absolute atomic E-state index is 0.312. The van der Waals surface area contributed by atoms with Gasteiger partial charge in [-0.15, -0.1) is 0 Å². The summed E-state index contributed by atoms with van der Waals surface area (Å²) in [7, 11) is 3.17. The largest absolute Gasteiger partial charge is 0.493 e. The Morgan fingerprint density at radius 3 is 2.50 bits per heavy atom. The van der Waals surface area contributed by atoms with Crippen molar-refractivity contribution in [2.24, 2.45) is 4.99 Å². The zero-order valence-electron chi connectivity index (χ0n) is 15.3. The summed E-state index contributed by atoms with van der Waals surface area (Å²) in [6.45, 7) is 4.04. The minimum atomic E-state index is -0.430. The van der Waals surface area contributed by atoms with Crippen LogP contribution in [0.15, 0.2) is 47.1 Å². The normalized spacial score (nSPS) is 15.0. The van der Waals surface area contributed by atoms with Crippen molar-refractivity contribution in [3.05, 3.63) is 64.3 Å². The molecule has 0 spiro atoms. The molecule has 0 unspecified atom stereocenters. The van der Waals surface area contributed by atoms with E-state index in [9.17, 15) is 4.79 Å². The molecule has 3 rings (SSSR count). The van der Waals surface area contributed by atoms with Crippen LogP contribution < -0.4 is 9.47 Å². The quantitative estimate of drug-likeness (QED) is 0.606. The third-order valence-electron chi connectivity index (χ3n) is 4.19. The fraction of sp³-hybridized carbons (Fsp3) is 0.238. The molecule has 0 amide bonds. The predicted octanol–water partition coefficient (Wildman–Crippen LogP) is 3.86. The zero-order valence-corrected chi connectivity index (χ0v) is 15.3. The van der Waals surface area contributed by atoms with E-state index in [1.165, 1.54) is 5.56 Å². The van der Waals surface area contributed by atoms with Crippen molar-refractivity contribution < 1.29 is 19.0 Å². The molecule has 0 atom stereocenters.